The van der Waals surface area contributed by atoms with Crippen molar-refractivity contribution in [3.05, 3.63) is 34.7 Å². The first-order valence-corrected chi connectivity index (χ1v) is 8.46. The van der Waals surface area contributed by atoms with Crippen LogP contribution in [0.4, 0.5) is 0 Å². The normalized spacial score (nSPS) is 11.6. The Hall–Kier alpha value is -0.900. The average molecular weight is 290 g/mol. The van der Waals surface area contributed by atoms with Gasteiger partial charge in [-0.25, -0.2) is 0 Å². The van der Waals surface area contributed by atoms with Gasteiger partial charge in [-0.3, -0.25) is 0 Å². The maximum Gasteiger partial charge on any atom is 0.0349 e. The van der Waals surface area contributed by atoms with Crippen LogP contribution in [0.5, 0.6) is 0 Å². The smallest absolute Gasteiger partial charge is 0.0349 e. The number of hydrogen-bond donors (Lipinski definition) is 1. The molecule has 0 amide bonds. The van der Waals surface area contributed by atoms with Gasteiger partial charge in [0.15, 0.2) is 0 Å². The molecule has 0 bridgehead atoms. The lowest BCUT2D eigenvalue weighted by Gasteiger charge is -2.16. The SMILES string of the molecule is CCCNCc1sc2ccccc2c1CN(C)CCC. The van der Waals surface area contributed by atoms with E-state index in [0.717, 1.165) is 26.2 Å². The van der Waals surface area contributed by atoms with E-state index in [1.54, 1.807) is 0 Å². The third kappa shape index (κ3) is 3.81. The van der Waals surface area contributed by atoms with Crippen molar-refractivity contribution in [2.75, 3.05) is 20.1 Å². The van der Waals surface area contributed by atoms with Gasteiger partial charge in [0.2, 0.25) is 0 Å². The fraction of sp³-hybridized carbons (Fsp3) is 0.529. The summed E-state index contributed by atoms with van der Waals surface area (Å²) in [6.07, 6.45) is 2.40. The van der Waals surface area contributed by atoms with Crippen molar-refractivity contribution in [3.8, 4) is 0 Å². The molecule has 0 fully saturated rings. The van der Waals surface area contributed by atoms with E-state index < -0.39 is 0 Å². The number of nitrogens with one attached hydrogen (secondary N) is 1. The summed E-state index contributed by atoms with van der Waals surface area (Å²) in [5.74, 6) is 0. The summed E-state index contributed by atoms with van der Waals surface area (Å²) < 4.78 is 1.42. The van der Waals surface area contributed by atoms with Crippen molar-refractivity contribution in [2.24, 2.45) is 0 Å². The first-order valence-electron chi connectivity index (χ1n) is 7.64. The zero-order chi connectivity index (χ0) is 14.4. The van der Waals surface area contributed by atoms with Crippen LogP contribution in [0.2, 0.25) is 0 Å². The highest BCUT2D eigenvalue weighted by molar-refractivity contribution is 7.19. The van der Waals surface area contributed by atoms with E-state index in [1.165, 1.54) is 33.4 Å². The molecule has 1 aromatic carbocycles. The summed E-state index contributed by atoms with van der Waals surface area (Å²) in [5, 5.41) is 4.99. The van der Waals surface area contributed by atoms with Gasteiger partial charge in [-0.1, -0.05) is 32.0 Å². The first kappa shape index (κ1) is 15.5. The van der Waals surface area contributed by atoms with Crippen molar-refractivity contribution in [1.82, 2.24) is 10.2 Å². The van der Waals surface area contributed by atoms with E-state index in [-0.39, 0.29) is 0 Å². The monoisotopic (exact) mass is 290 g/mol. The number of benzene rings is 1. The van der Waals surface area contributed by atoms with Crippen LogP contribution >= 0.6 is 11.3 Å². The second-order valence-corrected chi connectivity index (χ2v) is 6.55. The minimum atomic E-state index is 1.00. The van der Waals surface area contributed by atoms with E-state index in [4.69, 9.17) is 0 Å². The molecule has 0 aliphatic heterocycles. The van der Waals surface area contributed by atoms with Crippen molar-refractivity contribution in [3.63, 3.8) is 0 Å². The fourth-order valence-corrected chi connectivity index (χ4v) is 3.76. The topological polar surface area (TPSA) is 15.3 Å². The lowest BCUT2D eigenvalue weighted by atomic mass is 10.1. The van der Waals surface area contributed by atoms with E-state index in [1.807, 2.05) is 11.3 Å². The highest BCUT2D eigenvalue weighted by atomic mass is 32.1. The predicted octanol–water partition coefficient (Wildman–Crippen LogP) is 4.24. The largest absolute Gasteiger partial charge is 0.312 e. The number of fused-ring (bicyclic) bond motifs is 1. The number of thiophene rings is 1. The van der Waals surface area contributed by atoms with Gasteiger partial charge < -0.3 is 10.2 Å². The molecule has 3 heteroatoms. The Morgan fingerprint density at radius 3 is 2.70 bits per heavy atom. The van der Waals surface area contributed by atoms with E-state index in [0.29, 0.717) is 0 Å². The van der Waals surface area contributed by atoms with Crippen LogP contribution in [0.15, 0.2) is 24.3 Å². The Bertz CT molecular complexity index is 533. The van der Waals surface area contributed by atoms with E-state index in [2.05, 4.69) is 55.4 Å². The molecule has 2 aromatic rings. The van der Waals surface area contributed by atoms with Crippen LogP contribution < -0.4 is 5.32 Å². The Morgan fingerprint density at radius 1 is 1.15 bits per heavy atom. The van der Waals surface area contributed by atoms with Crippen LogP contribution in [0.3, 0.4) is 0 Å². The standard InChI is InChI=1S/C17H26N2S/c1-4-10-18-12-17-15(13-19(3)11-5-2)14-8-6-7-9-16(14)20-17/h6-9,18H,4-5,10-13H2,1-3H3. The Labute approximate surface area is 126 Å². The molecule has 0 aliphatic rings. The van der Waals surface area contributed by atoms with Crippen molar-refractivity contribution in [2.45, 2.75) is 39.8 Å². The maximum atomic E-state index is 3.55. The fourth-order valence-electron chi connectivity index (χ4n) is 2.58. The van der Waals surface area contributed by atoms with E-state index in [9.17, 15) is 0 Å². The minimum Gasteiger partial charge on any atom is -0.312 e. The molecule has 0 aliphatic carbocycles. The number of rotatable bonds is 8. The molecule has 0 radical (unpaired) electrons. The molecule has 1 N–H and O–H groups in total. The lowest BCUT2D eigenvalue weighted by Crippen LogP contribution is -2.20. The van der Waals surface area contributed by atoms with Crippen molar-refractivity contribution >= 4 is 21.4 Å². The minimum absolute atomic E-state index is 1.00. The highest BCUT2D eigenvalue weighted by Crippen LogP contribution is 2.32. The van der Waals surface area contributed by atoms with Gasteiger partial charge in [0.05, 0.1) is 0 Å². The average Bonchev–Trinajstić information content (AvgIpc) is 2.78. The number of nitrogens with zero attached hydrogens (tertiary/aromatic N) is 1. The Morgan fingerprint density at radius 2 is 1.95 bits per heavy atom. The van der Waals surface area contributed by atoms with Crippen LogP contribution in [0.1, 0.15) is 37.1 Å². The quantitative estimate of drug-likeness (QED) is 0.731. The van der Waals surface area contributed by atoms with E-state index >= 15 is 0 Å². The second-order valence-electron chi connectivity index (χ2n) is 5.41. The van der Waals surface area contributed by atoms with Gasteiger partial charge in [0, 0.05) is 22.7 Å². The van der Waals surface area contributed by atoms with Gasteiger partial charge in [0.1, 0.15) is 0 Å². The molecule has 0 atom stereocenters. The van der Waals surface area contributed by atoms with Gasteiger partial charge in [0.25, 0.3) is 0 Å². The molecule has 1 aromatic heterocycles. The van der Waals surface area contributed by atoms with Crippen LogP contribution in [0, 0.1) is 0 Å². The third-order valence-electron chi connectivity index (χ3n) is 3.53. The number of hydrogen-bond acceptors (Lipinski definition) is 3. The van der Waals surface area contributed by atoms with Gasteiger partial charge in [-0.2, -0.15) is 0 Å². The first-order chi connectivity index (χ1) is 9.76. The maximum absolute atomic E-state index is 3.55. The van der Waals surface area contributed by atoms with Crippen molar-refractivity contribution in [1.29, 1.82) is 0 Å². The third-order valence-corrected chi connectivity index (χ3v) is 4.74. The molecule has 1 heterocycles. The molecule has 20 heavy (non-hydrogen) atoms. The summed E-state index contributed by atoms with van der Waals surface area (Å²) >= 11 is 1.95. The molecule has 2 rings (SSSR count). The molecular formula is C17H26N2S. The van der Waals surface area contributed by atoms with Crippen molar-refractivity contribution < 1.29 is 0 Å². The zero-order valence-corrected chi connectivity index (χ0v) is 13.7. The molecule has 110 valence electrons. The summed E-state index contributed by atoms with van der Waals surface area (Å²) in [4.78, 5) is 3.93. The van der Waals surface area contributed by atoms with Crippen LogP contribution in [-0.4, -0.2) is 25.0 Å². The summed E-state index contributed by atoms with van der Waals surface area (Å²) in [7, 11) is 2.22. The molecule has 0 saturated carbocycles. The van der Waals surface area contributed by atoms with Gasteiger partial charge >= 0.3 is 0 Å². The summed E-state index contributed by atoms with van der Waals surface area (Å²) in [6, 6.07) is 8.81. The second kappa shape index (κ2) is 7.77. The molecule has 0 spiro atoms. The Kier molecular flexibility index (Phi) is 6.02. The zero-order valence-electron chi connectivity index (χ0n) is 12.9. The molecule has 0 unspecified atom stereocenters. The van der Waals surface area contributed by atoms with Crippen LogP contribution in [0.25, 0.3) is 10.1 Å². The van der Waals surface area contributed by atoms with Crippen LogP contribution in [-0.2, 0) is 13.1 Å². The summed E-state index contributed by atoms with van der Waals surface area (Å²) in [5.41, 5.74) is 1.52. The van der Waals surface area contributed by atoms with Gasteiger partial charge in [-0.15, -0.1) is 11.3 Å². The lowest BCUT2D eigenvalue weighted by molar-refractivity contribution is 0.328. The molecule has 2 nitrogen and oxygen atoms in total. The Balaban J connectivity index is 2.24. The summed E-state index contributed by atoms with van der Waals surface area (Å²) in [6.45, 7) is 8.77. The molecular weight excluding hydrogens is 264 g/mol. The van der Waals surface area contributed by atoms with Gasteiger partial charge in [-0.05, 0) is 50.0 Å². The predicted molar refractivity (Wildman–Crippen MR) is 90.4 cm³/mol. The molecule has 0 saturated heterocycles. The highest BCUT2D eigenvalue weighted by Gasteiger charge is 2.13.